The van der Waals surface area contributed by atoms with E-state index in [1.54, 1.807) is 13.8 Å². The monoisotopic (exact) mass is 248 g/mol. The fraction of sp³-hybridized carbons (Fsp3) is 0.364. The Hall–Kier alpha value is -0.730. The topological polar surface area (TPSA) is 37.3 Å². The van der Waals surface area contributed by atoms with Gasteiger partial charge in [0.25, 0.3) is 0 Å². The third-order valence-electron chi connectivity index (χ3n) is 2.03. The van der Waals surface area contributed by atoms with Crippen molar-refractivity contribution < 1.29 is 9.90 Å². The van der Waals surface area contributed by atoms with Gasteiger partial charge in [-0.15, -0.1) is 23.2 Å². The highest BCUT2D eigenvalue weighted by atomic mass is 35.5. The summed E-state index contributed by atoms with van der Waals surface area (Å²) < 4.78 is 0. The van der Waals surface area contributed by atoms with Crippen molar-refractivity contribution in [3.63, 3.8) is 0 Å². The number of hydrogen-bond acceptors (Lipinski definition) is 1. The number of alkyl halides is 2. The number of aliphatic carboxylic acids is 1. The average molecular weight is 249 g/mol. The van der Waals surface area contributed by atoms with Gasteiger partial charge >= 0.3 is 5.97 Å². The second-order valence-corrected chi connectivity index (χ2v) is 4.21. The van der Waals surface area contributed by atoms with E-state index in [-0.39, 0.29) is 5.34 Å². The molecular weight excluding hydrogens is 235 g/mol. The number of carbonyl (C=O) groups is 1. The smallest absolute Gasteiger partial charge is 0.313 e. The van der Waals surface area contributed by atoms with Gasteiger partial charge in [0.2, 0.25) is 0 Å². The van der Waals surface area contributed by atoms with Crippen LogP contribution in [0.5, 0.6) is 0 Å². The van der Waals surface area contributed by atoms with Crippen LogP contribution in [0.1, 0.15) is 19.4 Å². The Morgan fingerprint density at radius 1 is 1.27 bits per heavy atom. The molecule has 0 amide bonds. The Balaban J connectivity index is 0.000000583. The van der Waals surface area contributed by atoms with Crippen molar-refractivity contribution in [2.75, 3.05) is 5.34 Å². The molecular formula is C11H14Cl2O2. The summed E-state index contributed by atoms with van der Waals surface area (Å²) in [4.78, 5) is 10.8. The molecule has 1 aromatic carbocycles. The van der Waals surface area contributed by atoms with E-state index in [0.29, 0.717) is 0 Å². The molecule has 0 fully saturated rings. The molecule has 0 radical (unpaired) electrons. The lowest BCUT2D eigenvalue weighted by atomic mass is 9.85. The van der Waals surface area contributed by atoms with Crippen LogP contribution >= 0.6 is 23.2 Å². The number of carboxylic acid groups (broad SMARTS) is 1. The lowest BCUT2D eigenvalue weighted by Gasteiger charge is -2.18. The van der Waals surface area contributed by atoms with Crippen molar-refractivity contribution in [3.8, 4) is 0 Å². The molecule has 0 spiro atoms. The van der Waals surface area contributed by atoms with Crippen molar-refractivity contribution in [1.82, 2.24) is 0 Å². The van der Waals surface area contributed by atoms with E-state index in [9.17, 15) is 4.79 Å². The van der Waals surface area contributed by atoms with Crippen LogP contribution in [0.25, 0.3) is 0 Å². The maximum Gasteiger partial charge on any atom is 0.313 e. The summed E-state index contributed by atoms with van der Waals surface area (Å²) in [5.74, 6) is -0.797. The highest BCUT2D eigenvalue weighted by Crippen LogP contribution is 2.22. The van der Waals surface area contributed by atoms with E-state index in [4.69, 9.17) is 28.3 Å². The second kappa shape index (κ2) is 6.70. The molecule has 0 atom stereocenters. The largest absolute Gasteiger partial charge is 0.481 e. The molecule has 0 aliphatic rings. The Kier molecular flexibility index (Phi) is 6.37. The standard InChI is InChI=1S/C10H12O2.CH2Cl2/c1-10(2,9(11)12)8-6-4-3-5-7-8;2-1-3/h3-7H,1-2H3,(H,11,12);1H2. The summed E-state index contributed by atoms with van der Waals surface area (Å²) in [5, 5.41) is 9.09. The molecule has 0 heterocycles. The Labute approximate surface area is 99.8 Å². The van der Waals surface area contributed by atoms with Crippen LogP contribution in [0.2, 0.25) is 0 Å². The average Bonchev–Trinajstić information content (AvgIpc) is 2.20. The number of rotatable bonds is 2. The first-order valence-corrected chi connectivity index (χ1v) is 5.44. The molecule has 0 unspecified atom stereocenters. The molecule has 0 aliphatic carbocycles. The zero-order chi connectivity index (χ0) is 11.9. The van der Waals surface area contributed by atoms with Gasteiger partial charge in [0, 0.05) is 0 Å². The van der Waals surface area contributed by atoms with E-state index in [1.807, 2.05) is 30.3 Å². The van der Waals surface area contributed by atoms with Crippen molar-refractivity contribution in [2.45, 2.75) is 19.3 Å². The maximum absolute atomic E-state index is 10.8. The third-order valence-corrected chi connectivity index (χ3v) is 2.03. The molecule has 0 saturated heterocycles. The first-order chi connectivity index (χ1) is 6.96. The van der Waals surface area contributed by atoms with Crippen LogP contribution in [0, 0.1) is 0 Å². The molecule has 84 valence electrons. The predicted octanol–water partition coefficient (Wildman–Crippen LogP) is 3.47. The van der Waals surface area contributed by atoms with Gasteiger partial charge in [-0.1, -0.05) is 30.3 Å². The van der Waals surface area contributed by atoms with Gasteiger partial charge in [-0.25, -0.2) is 0 Å². The third kappa shape index (κ3) is 4.54. The fourth-order valence-electron chi connectivity index (χ4n) is 0.978. The maximum atomic E-state index is 10.8. The molecule has 0 aliphatic heterocycles. The summed E-state index contributed by atoms with van der Waals surface area (Å²) in [6, 6.07) is 9.23. The van der Waals surface area contributed by atoms with Gasteiger partial charge in [-0.2, -0.15) is 0 Å². The first-order valence-electron chi connectivity index (χ1n) is 4.37. The minimum atomic E-state index is -0.797. The minimum Gasteiger partial charge on any atom is -0.481 e. The van der Waals surface area contributed by atoms with Crippen LogP contribution in [-0.2, 0) is 10.2 Å². The summed E-state index contributed by atoms with van der Waals surface area (Å²) in [5.41, 5.74) is 0.0406. The number of benzene rings is 1. The fourth-order valence-corrected chi connectivity index (χ4v) is 0.978. The summed E-state index contributed by atoms with van der Waals surface area (Å²) in [7, 11) is 0. The molecule has 1 aromatic rings. The van der Waals surface area contributed by atoms with E-state index in [1.165, 1.54) is 0 Å². The molecule has 0 bridgehead atoms. The summed E-state index contributed by atoms with van der Waals surface area (Å²) in [6.07, 6.45) is 0. The highest BCUT2D eigenvalue weighted by molar-refractivity contribution is 6.40. The van der Waals surface area contributed by atoms with Crippen molar-refractivity contribution in [2.24, 2.45) is 0 Å². The Morgan fingerprint density at radius 3 is 2.00 bits per heavy atom. The van der Waals surface area contributed by atoms with Crippen LogP contribution < -0.4 is 0 Å². The Bertz CT molecular complexity index is 297. The second-order valence-electron chi connectivity index (χ2n) is 3.40. The number of hydrogen-bond donors (Lipinski definition) is 1. The minimum absolute atomic E-state index is 0.194. The van der Waals surface area contributed by atoms with Gasteiger partial charge in [0.15, 0.2) is 0 Å². The van der Waals surface area contributed by atoms with Gasteiger partial charge in [0.1, 0.15) is 0 Å². The van der Waals surface area contributed by atoms with Crippen LogP contribution in [0.4, 0.5) is 0 Å². The molecule has 0 aromatic heterocycles. The van der Waals surface area contributed by atoms with Gasteiger partial charge in [-0.05, 0) is 19.4 Å². The first kappa shape index (κ1) is 14.3. The van der Waals surface area contributed by atoms with Gasteiger partial charge in [-0.3, -0.25) is 4.79 Å². The molecule has 2 nitrogen and oxygen atoms in total. The highest BCUT2D eigenvalue weighted by Gasteiger charge is 2.28. The van der Waals surface area contributed by atoms with E-state index in [2.05, 4.69) is 0 Å². The lowest BCUT2D eigenvalue weighted by Crippen LogP contribution is -2.28. The van der Waals surface area contributed by atoms with Crippen molar-refractivity contribution in [3.05, 3.63) is 35.9 Å². The molecule has 15 heavy (non-hydrogen) atoms. The normalized spacial score (nSPS) is 10.1. The lowest BCUT2D eigenvalue weighted by molar-refractivity contribution is -0.142. The Morgan fingerprint density at radius 2 is 1.67 bits per heavy atom. The summed E-state index contributed by atoms with van der Waals surface area (Å²) in [6.45, 7) is 3.40. The van der Waals surface area contributed by atoms with E-state index >= 15 is 0 Å². The number of carboxylic acids is 1. The van der Waals surface area contributed by atoms with Crippen molar-refractivity contribution in [1.29, 1.82) is 0 Å². The molecule has 0 saturated carbocycles. The quantitative estimate of drug-likeness (QED) is 0.815. The van der Waals surface area contributed by atoms with Gasteiger partial charge < -0.3 is 5.11 Å². The molecule has 4 heteroatoms. The van der Waals surface area contributed by atoms with E-state index < -0.39 is 11.4 Å². The SMILES string of the molecule is CC(C)(C(=O)O)c1ccccc1.ClCCl. The van der Waals surface area contributed by atoms with Crippen LogP contribution in [-0.4, -0.2) is 16.4 Å². The van der Waals surface area contributed by atoms with Gasteiger partial charge in [0.05, 0.1) is 10.8 Å². The zero-order valence-electron chi connectivity index (χ0n) is 8.71. The molecule has 1 N–H and O–H groups in total. The molecule has 1 rings (SSSR count). The predicted molar refractivity (Wildman–Crippen MR) is 63.7 cm³/mol. The summed E-state index contributed by atoms with van der Waals surface area (Å²) >= 11 is 9.53. The van der Waals surface area contributed by atoms with Crippen LogP contribution in [0.3, 0.4) is 0 Å². The number of halogens is 2. The van der Waals surface area contributed by atoms with Crippen molar-refractivity contribution >= 4 is 29.2 Å². The zero-order valence-corrected chi connectivity index (χ0v) is 10.2. The van der Waals surface area contributed by atoms with Crippen LogP contribution in [0.15, 0.2) is 30.3 Å². The van der Waals surface area contributed by atoms with E-state index in [0.717, 1.165) is 5.56 Å².